The highest BCUT2D eigenvalue weighted by Gasteiger charge is 2.08. The molecule has 0 bridgehead atoms. The molecule has 0 aliphatic rings. The number of carbonyl (C=O) groups excluding carboxylic acids is 2. The summed E-state index contributed by atoms with van der Waals surface area (Å²) >= 11 is 0. The lowest BCUT2D eigenvalue weighted by atomic mass is 9.99. The Labute approximate surface area is 172 Å². The molecule has 2 rings (SSSR count). The number of carbonyl (C=O) groups is 2. The summed E-state index contributed by atoms with van der Waals surface area (Å²) in [5.74, 6) is 1.21. The standard InChI is InChI=1S/C23H30N2O4/c1-5-17(4)19-8-12-21(13-9-19)29-15-23(27)25-24-22(26)14-28-20-10-6-18(7-11-20)16(2)3/h6-13,16-17H,5,14-15H2,1-4H3,(H,24,26)(H,25,27). The van der Waals surface area contributed by atoms with Gasteiger partial charge in [0, 0.05) is 0 Å². The SMILES string of the molecule is CCC(C)c1ccc(OCC(=O)NNC(=O)COc2ccc(C(C)C)cc2)cc1. The topological polar surface area (TPSA) is 76.7 Å². The highest BCUT2D eigenvalue weighted by Crippen LogP contribution is 2.21. The van der Waals surface area contributed by atoms with Crippen LogP contribution in [0.25, 0.3) is 0 Å². The van der Waals surface area contributed by atoms with Crippen molar-refractivity contribution in [2.45, 2.75) is 46.0 Å². The van der Waals surface area contributed by atoms with Gasteiger partial charge < -0.3 is 9.47 Å². The molecule has 156 valence electrons. The lowest BCUT2D eigenvalue weighted by molar-refractivity contribution is -0.131. The number of nitrogens with one attached hydrogen (secondary N) is 2. The molecule has 29 heavy (non-hydrogen) atoms. The largest absolute Gasteiger partial charge is 0.484 e. The molecule has 0 aliphatic heterocycles. The van der Waals surface area contributed by atoms with E-state index in [0.29, 0.717) is 23.3 Å². The number of benzene rings is 2. The van der Waals surface area contributed by atoms with E-state index in [0.717, 1.165) is 6.42 Å². The first-order chi connectivity index (χ1) is 13.9. The summed E-state index contributed by atoms with van der Waals surface area (Å²) in [6.45, 7) is 8.13. The Bertz CT molecular complexity index is 786. The first-order valence-electron chi connectivity index (χ1n) is 9.92. The fourth-order valence-electron chi connectivity index (χ4n) is 2.59. The summed E-state index contributed by atoms with van der Waals surface area (Å²) in [5.41, 5.74) is 7.04. The Balaban J connectivity index is 1.67. The second-order valence-electron chi connectivity index (χ2n) is 7.28. The van der Waals surface area contributed by atoms with Gasteiger partial charge in [0.15, 0.2) is 13.2 Å². The van der Waals surface area contributed by atoms with Crippen molar-refractivity contribution >= 4 is 11.8 Å². The van der Waals surface area contributed by atoms with Crippen molar-refractivity contribution in [2.75, 3.05) is 13.2 Å². The number of amides is 2. The molecular weight excluding hydrogens is 368 g/mol. The summed E-state index contributed by atoms with van der Waals surface area (Å²) in [6, 6.07) is 15.2. The number of ether oxygens (including phenoxy) is 2. The summed E-state index contributed by atoms with van der Waals surface area (Å²) in [5, 5.41) is 0. The van der Waals surface area contributed by atoms with Gasteiger partial charge in [0.05, 0.1) is 0 Å². The monoisotopic (exact) mass is 398 g/mol. The van der Waals surface area contributed by atoms with Crippen molar-refractivity contribution in [2.24, 2.45) is 0 Å². The maximum absolute atomic E-state index is 11.8. The van der Waals surface area contributed by atoms with Crippen LogP contribution in [0.1, 0.15) is 57.1 Å². The summed E-state index contributed by atoms with van der Waals surface area (Å²) in [7, 11) is 0. The van der Waals surface area contributed by atoms with E-state index in [-0.39, 0.29) is 13.2 Å². The maximum Gasteiger partial charge on any atom is 0.276 e. The van der Waals surface area contributed by atoms with Crippen molar-refractivity contribution in [3.8, 4) is 11.5 Å². The molecule has 2 N–H and O–H groups in total. The molecular formula is C23H30N2O4. The molecule has 0 saturated carbocycles. The molecule has 2 amide bonds. The summed E-state index contributed by atoms with van der Waals surface area (Å²) < 4.78 is 10.8. The van der Waals surface area contributed by atoms with Crippen LogP contribution >= 0.6 is 0 Å². The first kappa shape index (κ1) is 22.3. The highest BCUT2D eigenvalue weighted by atomic mass is 16.5. The van der Waals surface area contributed by atoms with E-state index in [2.05, 4.69) is 38.5 Å². The van der Waals surface area contributed by atoms with Gasteiger partial charge >= 0.3 is 0 Å². The van der Waals surface area contributed by atoms with E-state index >= 15 is 0 Å². The smallest absolute Gasteiger partial charge is 0.276 e. The van der Waals surface area contributed by atoms with Gasteiger partial charge in [0.2, 0.25) is 0 Å². The second kappa shape index (κ2) is 11.1. The third-order valence-corrected chi connectivity index (χ3v) is 4.69. The van der Waals surface area contributed by atoms with Gasteiger partial charge in [-0.15, -0.1) is 0 Å². The molecule has 0 spiro atoms. The molecule has 0 heterocycles. The lowest BCUT2D eigenvalue weighted by Gasteiger charge is -2.12. The van der Waals surface area contributed by atoms with Crippen molar-refractivity contribution in [3.63, 3.8) is 0 Å². The molecule has 0 saturated heterocycles. The van der Waals surface area contributed by atoms with Crippen LogP contribution in [0.3, 0.4) is 0 Å². The van der Waals surface area contributed by atoms with Crippen molar-refractivity contribution in [1.82, 2.24) is 10.9 Å². The normalized spacial score (nSPS) is 11.6. The van der Waals surface area contributed by atoms with Gasteiger partial charge in [-0.1, -0.05) is 52.0 Å². The van der Waals surface area contributed by atoms with Crippen LogP contribution in [0.5, 0.6) is 11.5 Å². The summed E-state index contributed by atoms with van der Waals surface area (Å²) in [4.78, 5) is 23.6. The zero-order chi connectivity index (χ0) is 21.2. The zero-order valence-corrected chi connectivity index (χ0v) is 17.5. The predicted octanol–water partition coefficient (Wildman–Crippen LogP) is 3.93. The van der Waals surface area contributed by atoms with Gasteiger partial charge in [0.25, 0.3) is 11.8 Å². The Morgan fingerprint density at radius 1 is 0.759 bits per heavy atom. The minimum atomic E-state index is -0.454. The van der Waals surface area contributed by atoms with E-state index in [1.165, 1.54) is 11.1 Å². The minimum Gasteiger partial charge on any atom is -0.484 e. The molecule has 0 radical (unpaired) electrons. The Morgan fingerprint density at radius 3 is 1.55 bits per heavy atom. The van der Waals surface area contributed by atoms with Crippen LogP contribution in [-0.2, 0) is 9.59 Å². The molecule has 6 heteroatoms. The van der Waals surface area contributed by atoms with Gasteiger partial charge in [-0.2, -0.15) is 0 Å². The van der Waals surface area contributed by atoms with Crippen molar-refractivity contribution in [1.29, 1.82) is 0 Å². The molecule has 0 aliphatic carbocycles. The average molecular weight is 399 g/mol. The zero-order valence-electron chi connectivity index (χ0n) is 17.5. The van der Waals surface area contributed by atoms with Crippen molar-refractivity contribution < 1.29 is 19.1 Å². The molecule has 2 aromatic rings. The van der Waals surface area contributed by atoms with Gasteiger partial charge in [0.1, 0.15) is 11.5 Å². The Morgan fingerprint density at radius 2 is 1.17 bits per heavy atom. The van der Waals surface area contributed by atoms with Crippen molar-refractivity contribution in [3.05, 3.63) is 59.7 Å². The minimum absolute atomic E-state index is 0.194. The molecule has 1 unspecified atom stereocenters. The van der Waals surface area contributed by atoms with Gasteiger partial charge in [-0.25, -0.2) is 0 Å². The molecule has 0 aromatic heterocycles. The first-order valence-corrected chi connectivity index (χ1v) is 9.92. The Kier molecular flexibility index (Phi) is 8.52. The van der Waals surface area contributed by atoms with E-state index in [1.807, 2.05) is 48.5 Å². The van der Waals surface area contributed by atoms with Crippen LogP contribution in [0.15, 0.2) is 48.5 Å². The molecule has 1 atom stereocenters. The number of hydrogen-bond acceptors (Lipinski definition) is 4. The quantitative estimate of drug-likeness (QED) is 0.628. The van der Waals surface area contributed by atoms with E-state index in [1.54, 1.807) is 0 Å². The van der Waals surface area contributed by atoms with Crippen LogP contribution in [0.2, 0.25) is 0 Å². The van der Waals surface area contributed by atoms with E-state index in [4.69, 9.17) is 9.47 Å². The fourth-order valence-corrected chi connectivity index (χ4v) is 2.59. The van der Waals surface area contributed by atoms with E-state index in [9.17, 15) is 9.59 Å². The van der Waals surface area contributed by atoms with Gasteiger partial charge in [-0.3, -0.25) is 20.4 Å². The maximum atomic E-state index is 11.8. The molecule has 2 aromatic carbocycles. The predicted molar refractivity (Wildman–Crippen MR) is 113 cm³/mol. The van der Waals surface area contributed by atoms with Crippen LogP contribution in [0, 0.1) is 0 Å². The highest BCUT2D eigenvalue weighted by molar-refractivity contribution is 5.83. The fraction of sp³-hybridized carbons (Fsp3) is 0.391. The number of hydrazine groups is 1. The average Bonchev–Trinajstić information content (AvgIpc) is 2.74. The Hall–Kier alpha value is -3.02. The molecule has 6 nitrogen and oxygen atoms in total. The third-order valence-electron chi connectivity index (χ3n) is 4.69. The third kappa shape index (κ3) is 7.49. The van der Waals surface area contributed by atoms with Crippen LogP contribution in [0.4, 0.5) is 0 Å². The van der Waals surface area contributed by atoms with Gasteiger partial charge in [-0.05, 0) is 53.6 Å². The van der Waals surface area contributed by atoms with Crippen LogP contribution in [-0.4, -0.2) is 25.0 Å². The molecule has 0 fully saturated rings. The summed E-state index contributed by atoms with van der Waals surface area (Å²) in [6.07, 6.45) is 1.06. The van der Waals surface area contributed by atoms with Crippen LogP contribution < -0.4 is 20.3 Å². The second-order valence-corrected chi connectivity index (χ2v) is 7.28. The van der Waals surface area contributed by atoms with E-state index < -0.39 is 11.8 Å². The number of hydrogen-bond donors (Lipinski definition) is 2. The lowest BCUT2D eigenvalue weighted by Crippen LogP contribution is -2.45. The number of rotatable bonds is 9.